The first-order chi connectivity index (χ1) is 11.5. The molecule has 0 spiro atoms. The van der Waals surface area contributed by atoms with E-state index in [1.165, 1.54) is 25.4 Å². The summed E-state index contributed by atoms with van der Waals surface area (Å²) in [6, 6.07) is 5.01. The molecule has 0 saturated heterocycles. The maximum Gasteiger partial charge on any atom is 0.358 e. The van der Waals surface area contributed by atoms with Gasteiger partial charge in [-0.2, -0.15) is 0 Å². The Balaban J connectivity index is 2.05. The van der Waals surface area contributed by atoms with Gasteiger partial charge in [0.25, 0.3) is 0 Å². The summed E-state index contributed by atoms with van der Waals surface area (Å²) >= 11 is 1.31. The van der Waals surface area contributed by atoms with Crippen LogP contribution in [0.4, 0.5) is 5.13 Å². The Morgan fingerprint density at radius 1 is 1.42 bits per heavy atom. The van der Waals surface area contributed by atoms with Gasteiger partial charge >= 0.3 is 5.97 Å². The number of hydrogen-bond donors (Lipinski definition) is 1. The molecule has 0 fully saturated rings. The highest BCUT2D eigenvalue weighted by Crippen LogP contribution is 2.22. The molecule has 7 heteroatoms. The number of esters is 1. The molecular formula is C17H18N2O4S. The van der Waals surface area contributed by atoms with Crippen LogP contribution in [-0.4, -0.2) is 30.4 Å². The van der Waals surface area contributed by atoms with Crippen LogP contribution in [0.25, 0.3) is 0 Å². The minimum absolute atomic E-state index is 0.00390. The van der Waals surface area contributed by atoms with Crippen LogP contribution in [0.1, 0.15) is 33.3 Å². The fourth-order valence-corrected chi connectivity index (χ4v) is 2.63. The van der Waals surface area contributed by atoms with Crippen LogP contribution >= 0.6 is 11.3 Å². The van der Waals surface area contributed by atoms with Crippen LogP contribution in [0, 0.1) is 0 Å². The number of carbonyl (C=O) groups excluding carboxylic acids is 2. The third-order valence-electron chi connectivity index (χ3n) is 3.16. The van der Waals surface area contributed by atoms with Gasteiger partial charge in [-0.25, -0.2) is 9.78 Å². The van der Waals surface area contributed by atoms with Crippen molar-refractivity contribution in [1.29, 1.82) is 0 Å². The Hall–Kier alpha value is -2.67. The van der Waals surface area contributed by atoms with E-state index in [2.05, 4.69) is 16.9 Å². The SMILES string of the molecule is C=CCNc1nc(C(=O)OCc2cc(C(C)=O)ccc2OC)cs1. The zero-order chi connectivity index (χ0) is 17.5. The van der Waals surface area contributed by atoms with Crippen molar-refractivity contribution in [2.24, 2.45) is 0 Å². The molecule has 0 aliphatic heterocycles. The molecule has 1 aromatic heterocycles. The number of nitrogens with zero attached hydrogens (tertiary/aromatic N) is 1. The highest BCUT2D eigenvalue weighted by Gasteiger charge is 2.14. The predicted octanol–water partition coefficient (Wildman–Crippen LogP) is 3.31. The van der Waals surface area contributed by atoms with E-state index in [9.17, 15) is 9.59 Å². The van der Waals surface area contributed by atoms with Crippen molar-refractivity contribution in [3.63, 3.8) is 0 Å². The molecule has 24 heavy (non-hydrogen) atoms. The quantitative estimate of drug-likeness (QED) is 0.449. The van der Waals surface area contributed by atoms with Crippen LogP contribution in [0.5, 0.6) is 5.75 Å². The van der Waals surface area contributed by atoms with Crippen molar-refractivity contribution in [3.8, 4) is 5.75 Å². The number of aromatic nitrogens is 1. The molecular weight excluding hydrogens is 328 g/mol. The van der Waals surface area contributed by atoms with E-state index in [-0.39, 0.29) is 18.1 Å². The molecule has 0 atom stereocenters. The molecule has 1 heterocycles. The Bertz CT molecular complexity index is 755. The van der Waals surface area contributed by atoms with E-state index in [1.807, 2.05) is 0 Å². The first kappa shape index (κ1) is 17.7. The Labute approximate surface area is 144 Å². The van der Waals surface area contributed by atoms with Gasteiger partial charge < -0.3 is 14.8 Å². The monoisotopic (exact) mass is 346 g/mol. The van der Waals surface area contributed by atoms with Crippen molar-refractivity contribution in [2.75, 3.05) is 19.0 Å². The van der Waals surface area contributed by atoms with Gasteiger partial charge in [-0.3, -0.25) is 4.79 Å². The molecule has 0 amide bonds. The third kappa shape index (κ3) is 4.42. The van der Waals surface area contributed by atoms with Crippen LogP contribution in [0.15, 0.2) is 36.2 Å². The van der Waals surface area contributed by atoms with Gasteiger partial charge in [0.05, 0.1) is 7.11 Å². The van der Waals surface area contributed by atoms with Gasteiger partial charge in [-0.05, 0) is 25.1 Å². The number of methoxy groups -OCH3 is 1. The summed E-state index contributed by atoms with van der Waals surface area (Å²) in [7, 11) is 1.52. The number of carbonyl (C=O) groups is 2. The fraction of sp³-hybridized carbons (Fsp3) is 0.235. The van der Waals surface area contributed by atoms with Gasteiger partial charge in [0.15, 0.2) is 16.6 Å². The average molecular weight is 346 g/mol. The van der Waals surface area contributed by atoms with Crippen molar-refractivity contribution in [3.05, 3.63) is 53.1 Å². The standard InChI is InChI=1S/C17H18N2O4S/c1-4-7-18-17-19-14(10-24-17)16(21)23-9-13-8-12(11(2)20)5-6-15(13)22-3/h4-6,8,10H,1,7,9H2,2-3H3,(H,18,19). The summed E-state index contributed by atoms with van der Waals surface area (Å²) in [5.41, 5.74) is 1.39. The zero-order valence-electron chi connectivity index (χ0n) is 13.5. The number of Topliss-reactive ketones (excluding diaryl/α,β-unsaturated/α-hetero) is 1. The maximum atomic E-state index is 12.1. The number of anilines is 1. The lowest BCUT2D eigenvalue weighted by atomic mass is 10.1. The van der Waals surface area contributed by atoms with E-state index in [1.54, 1.807) is 29.7 Å². The highest BCUT2D eigenvalue weighted by atomic mass is 32.1. The van der Waals surface area contributed by atoms with Gasteiger partial charge in [0, 0.05) is 23.1 Å². The van der Waals surface area contributed by atoms with E-state index in [4.69, 9.17) is 9.47 Å². The molecule has 0 saturated carbocycles. The second-order valence-electron chi connectivity index (χ2n) is 4.87. The number of hydrogen-bond acceptors (Lipinski definition) is 7. The van der Waals surface area contributed by atoms with E-state index in [0.29, 0.717) is 28.6 Å². The van der Waals surface area contributed by atoms with Crippen molar-refractivity contribution in [2.45, 2.75) is 13.5 Å². The van der Waals surface area contributed by atoms with Crippen molar-refractivity contribution >= 4 is 28.2 Å². The largest absolute Gasteiger partial charge is 0.496 e. The summed E-state index contributed by atoms with van der Waals surface area (Å²) < 4.78 is 10.5. The van der Waals surface area contributed by atoms with Gasteiger partial charge in [-0.15, -0.1) is 17.9 Å². The molecule has 1 aromatic carbocycles. The number of ether oxygens (including phenoxy) is 2. The second-order valence-corrected chi connectivity index (χ2v) is 5.72. The van der Waals surface area contributed by atoms with Crippen LogP contribution in [0.2, 0.25) is 0 Å². The summed E-state index contributed by atoms with van der Waals surface area (Å²) in [6.07, 6.45) is 1.70. The molecule has 0 aliphatic carbocycles. The lowest BCUT2D eigenvalue weighted by Crippen LogP contribution is -2.08. The molecule has 0 aliphatic rings. The number of thiazole rings is 1. The highest BCUT2D eigenvalue weighted by molar-refractivity contribution is 7.13. The first-order valence-corrected chi connectivity index (χ1v) is 8.08. The number of ketones is 1. The lowest BCUT2D eigenvalue weighted by molar-refractivity contribution is 0.0464. The van der Waals surface area contributed by atoms with Crippen LogP contribution in [0.3, 0.4) is 0 Å². The Morgan fingerprint density at radius 3 is 2.88 bits per heavy atom. The number of benzene rings is 1. The first-order valence-electron chi connectivity index (χ1n) is 7.20. The predicted molar refractivity (Wildman–Crippen MR) is 92.9 cm³/mol. The third-order valence-corrected chi connectivity index (χ3v) is 3.96. The van der Waals surface area contributed by atoms with Crippen molar-refractivity contribution < 1.29 is 19.1 Å². The topological polar surface area (TPSA) is 77.5 Å². The molecule has 0 unspecified atom stereocenters. The van der Waals surface area contributed by atoms with E-state index in [0.717, 1.165) is 0 Å². The molecule has 2 rings (SSSR count). The maximum absolute atomic E-state index is 12.1. The summed E-state index contributed by atoms with van der Waals surface area (Å²) in [6.45, 7) is 5.64. The summed E-state index contributed by atoms with van der Waals surface area (Å²) in [4.78, 5) is 27.7. The zero-order valence-corrected chi connectivity index (χ0v) is 14.3. The summed E-state index contributed by atoms with van der Waals surface area (Å²) in [5, 5.41) is 5.25. The van der Waals surface area contributed by atoms with Gasteiger partial charge in [0.2, 0.25) is 0 Å². The number of nitrogens with one attached hydrogen (secondary N) is 1. The van der Waals surface area contributed by atoms with E-state index < -0.39 is 5.97 Å². The fourth-order valence-electron chi connectivity index (χ4n) is 1.94. The van der Waals surface area contributed by atoms with E-state index >= 15 is 0 Å². The molecule has 2 aromatic rings. The Kier molecular flexibility index (Phi) is 6.08. The second kappa shape index (κ2) is 8.26. The van der Waals surface area contributed by atoms with Crippen molar-refractivity contribution in [1.82, 2.24) is 4.98 Å². The molecule has 126 valence electrons. The normalized spacial score (nSPS) is 10.1. The minimum atomic E-state index is -0.534. The van der Waals surface area contributed by atoms with Gasteiger partial charge in [-0.1, -0.05) is 6.08 Å². The number of rotatable bonds is 8. The van der Waals surface area contributed by atoms with Crippen LogP contribution < -0.4 is 10.1 Å². The molecule has 6 nitrogen and oxygen atoms in total. The minimum Gasteiger partial charge on any atom is -0.496 e. The average Bonchev–Trinajstić information content (AvgIpc) is 3.06. The molecule has 0 bridgehead atoms. The smallest absolute Gasteiger partial charge is 0.358 e. The lowest BCUT2D eigenvalue weighted by Gasteiger charge is -2.10. The van der Waals surface area contributed by atoms with Crippen LogP contribution in [-0.2, 0) is 11.3 Å². The Morgan fingerprint density at radius 2 is 2.21 bits per heavy atom. The summed E-state index contributed by atoms with van der Waals surface area (Å²) in [5.74, 6) is -0.0460. The molecule has 0 radical (unpaired) electrons. The van der Waals surface area contributed by atoms with Gasteiger partial charge in [0.1, 0.15) is 12.4 Å². The molecule has 1 N–H and O–H groups in total.